The van der Waals surface area contributed by atoms with Crippen molar-refractivity contribution in [1.29, 1.82) is 0 Å². The Labute approximate surface area is 101 Å². The number of hydrogen-bond donors (Lipinski definition) is 1. The highest BCUT2D eigenvalue weighted by atomic mass is 16.5. The first-order chi connectivity index (χ1) is 7.76. The molecule has 3 atom stereocenters. The summed E-state index contributed by atoms with van der Waals surface area (Å²) >= 11 is 0. The van der Waals surface area contributed by atoms with E-state index in [1.165, 1.54) is 45.1 Å². The first kappa shape index (κ1) is 14.0. The summed E-state index contributed by atoms with van der Waals surface area (Å²) < 4.78 is 5.57. The van der Waals surface area contributed by atoms with E-state index in [0.717, 1.165) is 12.5 Å². The van der Waals surface area contributed by atoms with E-state index in [-0.39, 0.29) is 0 Å². The van der Waals surface area contributed by atoms with Gasteiger partial charge in [0.2, 0.25) is 0 Å². The molecule has 16 heavy (non-hydrogen) atoms. The van der Waals surface area contributed by atoms with Crippen molar-refractivity contribution in [2.45, 2.75) is 71.4 Å². The molecule has 0 aromatic heterocycles. The number of rotatable bonds is 7. The molecule has 3 unspecified atom stereocenters. The van der Waals surface area contributed by atoms with Gasteiger partial charge >= 0.3 is 0 Å². The van der Waals surface area contributed by atoms with E-state index in [1.54, 1.807) is 0 Å². The molecule has 1 rings (SSSR count). The summed E-state index contributed by atoms with van der Waals surface area (Å²) in [5.41, 5.74) is 0. The molecular weight excluding hydrogens is 198 g/mol. The zero-order chi connectivity index (χ0) is 11.8. The highest BCUT2D eigenvalue weighted by Gasteiger charge is 2.19. The van der Waals surface area contributed by atoms with Crippen LogP contribution in [0.25, 0.3) is 0 Å². The SMILES string of the molecule is CCCCC(CC)CNC1CCOC(C)C1. The fraction of sp³-hybridized carbons (Fsp3) is 1.00. The lowest BCUT2D eigenvalue weighted by Crippen LogP contribution is -2.40. The van der Waals surface area contributed by atoms with Gasteiger partial charge in [-0.15, -0.1) is 0 Å². The molecule has 0 aromatic rings. The lowest BCUT2D eigenvalue weighted by Gasteiger charge is -2.29. The van der Waals surface area contributed by atoms with E-state index in [2.05, 4.69) is 26.1 Å². The molecule has 0 saturated carbocycles. The van der Waals surface area contributed by atoms with Crippen LogP contribution in [0.5, 0.6) is 0 Å². The Kier molecular flexibility index (Phi) is 7.06. The van der Waals surface area contributed by atoms with E-state index in [9.17, 15) is 0 Å². The van der Waals surface area contributed by atoms with E-state index < -0.39 is 0 Å². The van der Waals surface area contributed by atoms with Crippen LogP contribution in [0.15, 0.2) is 0 Å². The molecule has 1 fully saturated rings. The molecular formula is C14H29NO. The van der Waals surface area contributed by atoms with Gasteiger partial charge in [-0.1, -0.05) is 33.1 Å². The minimum absolute atomic E-state index is 0.446. The molecule has 2 nitrogen and oxygen atoms in total. The normalized spacial score (nSPS) is 27.9. The summed E-state index contributed by atoms with van der Waals surface area (Å²) in [6, 6.07) is 0.694. The van der Waals surface area contributed by atoms with Crippen LogP contribution in [0.2, 0.25) is 0 Å². The van der Waals surface area contributed by atoms with E-state index in [0.29, 0.717) is 12.1 Å². The fourth-order valence-corrected chi connectivity index (χ4v) is 2.46. The maximum absolute atomic E-state index is 5.57. The standard InChI is InChI=1S/C14H29NO/c1-4-6-7-13(5-2)11-15-14-8-9-16-12(3)10-14/h12-15H,4-11H2,1-3H3. The van der Waals surface area contributed by atoms with Gasteiger partial charge < -0.3 is 10.1 Å². The Morgan fingerprint density at radius 2 is 2.19 bits per heavy atom. The molecule has 0 spiro atoms. The minimum Gasteiger partial charge on any atom is -0.378 e. The van der Waals surface area contributed by atoms with Crippen LogP contribution < -0.4 is 5.32 Å². The summed E-state index contributed by atoms with van der Waals surface area (Å²) in [5.74, 6) is 0.873. The van der Waals surface area contributed by atoms with Gasteiger partial charge in [0.25, 0.3) is 0 Å². The zero-order valence-electron chi connectivity index (χ0n) is 11.3. The molecule has 0 amide bonds. The largest absolute Gasteiger partial charge is 0.378 e. The smallest absolute Gasteiger partial charge is 0.0561 e. The van der Waals surface area contributed by atoms with E-state index in [1.807, 2.05) is 0 Å². The van der Waals surface area contributed by atoms with Gasteiger partial charge in [-0.2, -0.15) is 0 Å². The van der Waals surface area contributed by atoms with Gasteiger partial charge in [-0.25, -0.2) is 0 Å². The van der Waals surface area contributed by atoms with Crippen molar-refractivity contribution in [3.05, 3.63) is 0 Å². The van der Waals surface area contributed by atoms with Crippen LogP contribution in [0, 0.1) is 5.92 Å². The zero-order valence-corrected chi connectivity index (χ0v) is 11.3. The maximum Gasteiger partial charge on any atom is 0.0561 e. The highest BCUT2D eigenvalue weighted by molar-refractivity contribution is 4.75. The average Bonchev–Trinajstić information content (AvgIpc) is 2.29. The number of nitrogens with one attached hydrogen (secondary N) is 1. The molecule has 0 radical (unpaired) electrons. The Balaban J connectivity index is 2.15. The third-order valence-electron chi connectivity index (χ3n) is 3.72. The van der Waals surface area contributed by atoms with Gasteiger partial charge in [0, 0.05) is 12.6 Å². The second kappa shape index (κ2) is 8.08. The molecule has 0 aromatic carbocycles. The van der Waals surface area contributed by atoms with Crippen molar-refractivity contribution in [2.24, 2.45) is 5.92 Å². The second-order valence-corrected chi connectivity index (χ2v) is 5.23. The molecule has 0 aliphatic carbocycles. The molecule has 0 bridgehead atoms. The molecule has 2 heteroatoms. The highest BCUT2D eigenvalue weighted by Crippen LogP contribution is 2.16. The number of unbranched alkanes of at least 4 members (excludes halogenated alkanes) is 1. The summed E-state index contributed by atoms with van der Waals surface area (Å²) in [4.78, 5) is 0. The van der Waals surface area contributed by atoms with Crippen molar-refractivity contribution in [1.82, 2.24) is 5.32 Å². The lowest BCUT2D eigenvalue weighted by molar-refractivity contribution is 0.0126. The fourth-order valence-electron chi connectivity index (χ4n) is 2.46. The molecule has 96 valence electrons. The number of hydrogen-bond acceptors (Lipinski definition) is 2. The molecule has 1 aliphatic rings. The monoisotopic (exact) mass is 227 g/mol. The second-order valence-electron chi connectivity index (χ2n) is 5.23. The minimum atomic E-state index is 0.446. The van der Waals surface area contributed by atoms with Crippen molar-refractivity contribution >= 4 is 0 Å². The quantitative estimate of drug-likeness (QED) is 0.720. The van der Waals surface area contributed by atoms with Crippen LogP contribution in [0.3, 0.4) is 0 Å². The Morgan fingerprint density at radius 1 is 1.38 bits per heavy atom. The van der Waals surface area contributed by atoms with E-state index >= 15 is 0 Å². The van der Waals surface area contributed by atoms with Gasteiger partial charge in [0.15, 0.2) is 0 Å². The molecule has 1 saturated heterocycles. The third kappa shape index (κ3) is 5.31. The van der Waals surface area contributed by atoms with Crippen molar-refractivity contribution in [3.63, 3.8) is 0 Å². The average molecular weight is 227 g/mol. The summed E-state index contributed by atoms with van der Waals surface area (Å²) in [5, 5.41) is 3.73. The predicted molar refractivity (Wildman–Crippen MR) is 69.7 cm³/mol. The molecule has 1 N–H and O–H groups in total. The van der Waals surface area contributed by atoms with Crippen LogP contribution in [-0.4, -0.2) is 25.3 Å². The van der Waals surface area contributed by atoms with Crippen molar-refractivity contribution in [3.8, 4) is 0 Å². The third-order valence-corrected chi connectivity index (χ3v) is 3.72. The van der Waals surface area contributed by atoms with Gasteiger partial charge in [0.05, 0.1) is 6.10 Å². The van der Waals surface area contributed by atoms with E-state index in [4.69, 9.17) is 4.74 Å². The van der Waals surface area contributed by atoms with Gasteiger partial charge in [-0.3, -0.25) is 0 Å². The van der Waals surface area contributed by atoms with Crippen LogP contribution in [0.4, 0.5) is 0 Å². The summed E-state index contributed by atoms with van der Waals surface area (Å²) in [6.45, 7) is 8.91. The molecule has 1 aliphatic heterocycles. The first-order valence-electron chi connectivity index (χ1n) is 7.11. The topological polar surface area (TPSA) is 21.3 Å². The summed E-state index contributed by atoms with van der Waals surface area (Å²) in [6.07, 6.45) is 8.22. The van der Waals surface area contributed by atoms with Crippen LogP contribution in [0.1, 0.15) is 59.3 Å². The Bertz CT molecular complexity index is 172. The Hall–Kier alpha value is -0.0800. The maximum atomic E-state index is 5.57. The van der Waals surface area contributed by atoms with Gasteiger partial charge in [-0.05, 0) is 38.6 Å². The predicted octanol–water partition coefficient (Wildman–Crippen LogP) is 3.36. The lowest BCUT2D eigenvalue weighted by atomic mass is 9.97. The van der Waals surface area contributed by atoms with Crippen molar-refractivity contribution in [2.75, 3.05) is 13.2 Å². The first-order valence-corrected chi connectivity index (χ1v) is 7.11. The summed E-state index contributed by atoms with van der Waals surface area (Å²) in [7, 11) is 0. The van der Waals surface area contributed by atoms with Crippen LogP contribution in [-0.2, 0) is 4.74 Å². The van der Waals surface area contributed by atoms with Crippen molar-refractivity contribution < 1.29 is 4.74 Å². The molecule has 1 heterocycles. The Morgan fingerprint density at radius 3 is 2.81 bits per heavy atom. The van der Waals surface area contributed by atoms with Crippen LogP contribution >= 0.6 is 0 Å². The van der Waals surface area contributed by atoms with Gasteiger partial charge in [0.1, 0.15) is 0 Å². The number of ether oxygens (including phenoxy) is 1.